The Bertz CT molecular complexity index is 398. The van der Waals surface area contributed by atoms with Crippen LogP contribution in [0.25, 0.3) is 0 Å². The fraction of sp³-hybridized carbons (Fsp3) is 0.364. The van der Waals surface area contributed by atoms with E-state index in [9.17, 15) is 13.6 Å². The number of nitrogens with zero attached hydrogens (tertiary/aromatic N) is 1. The van der Waals surface area contributed by atoms with Crippen molar-refractivity contribution in [3.05, 3.63) is 35.4 Å². The van der Waals surface area contributed by atoms with Gasteiger partial charge in [-0.2, -0.15) is 0 Å². The Morgan fingerprint density at radius 3 is 2.69 bits per heavy atom. The van der Waals surface area contributed by atoms with Crippen LogP contribution in [0.5, 0.6) is 0 Å². The maximum atomic E-state index is 13.3. The van der Waals surface area contributed by atoms with Crippen molar-refractivity contribution < 1.29 is 13.6 Å². The summed E-state index contributed by atoms with van der Waals surface area (Å²) in [6.07, 6.45) is 0. The number of benzene rings is 1. The molecule has 0 N–H and O–H groups in total. The first kappa shape index (κ1) is 13.1. The van der Waals surface area contributed by atoms with E-state index >= 15 is 0 Å². The molecule has 0 heterocycles. The third kappa shape index (κ3) is 2.78. The van der Waals surface area contributed by atoms with E-state index in [2.05, 4.69) is 15.9 Å². The molecule has 5 heteroatoms. The molecule has 1 amide bonds. The number of halogens is 3. The molecule has 88 valence electrons. The van der Waals surface area contributed by atoms with Crippen LogP contribution >= 0.6 is 15.9 Å². The smallest absolute Gasteiger partial charge is 0.256 e. The van der Waals surface area contributed by atoms with E-state index in [0.717, 1.165) is 18.2 Å². The zero-order valence-corrected chi connectivity index (χ0v) is 10.6. The van der Waals surface area contributed by atoms with Crippen molar-refractivity contribution in [2.24, 2.45) is 0 Å². The number of hydrogen-bond acceptors (Lipinski definition) is 1. The first-order valence-corrected chi connectivity index (χ1v) is 5.87. The minimum Gasteiger partial charge on any atom is -0.338 e. The van der Waals surface area contributed by atoms with Crippen LogP contribution < -0.4 is 0 Å². The lowest BCUT2D eigenvalue weighted by Crippen LogP contribution is -2.36. The molecule has 2 nitrogen and oxygen atoms in total. The molecule has 0 radical (unpaired) electrons. The summed E-state index contributed by atoms with van der Waals surface area (Å²) in [6, 6.07) is 2.76. The Morgan fingerprint density at radius 2 is 2.12 bits per heavy atom. The zero-order valence-electron chi connectivity index (χ0n) is 9.01. The molecule has 0 spiro atoms. The van der Waals surface area contributed by atoms with Gasteiger partial charge in [-0.15, -0.1) is 0 Å². The molecule has 0 aliphatic rings. The van der Waals surface area contributed by atoms with Crippen molar-refractivity contribution >= 4 is 21.8 Å². The molecule has 0 aliphatic carbocycles. The van der Waals surface area contributed by atoms with Crippen LogP contribution in [0.2, 0.25) is 0 Å². The van der Waals surface area contributed by atoms with Gasteiger partial charge >= 0.3 is 0 Å². The summed E-state index contributed by atoms with van der Waals surface area (Å²) >= 11 is 3.23. The van der Waals surface area contributed by atoms with Gasteiger partial charge in [0, 0.05) is 18.4 Å². The van der Waals surface area contributed by atoms with Gasteiger partial charge in [-0.25, -0.2) is 8.78 Å². The van der Waals surface area contributed by atoms with Gasteiger partial charge in [-0.05, 0) is 25.1 Å². The fourth-order valence-corrected chi connectivity index (χ4v) is 1.59. The highest BCUT2D eigenvalue weighted by atomic mass is 79.9. The highest BCUT2D eigenvalue weighted by Crippen LogP contribution is 2.13. The SMILES string of the molecule is CC(CBr)N(C)C(=O)c1cc(F)ccc1F. The Labute approximate surface area is 101 Å². The van der Waals surface area contributed by atoms with Gasteiger partial charge < -0.3 is 4.90 Å². The van der Waals surface area contributed by atoms with Crippen molar-refractivity contribution in [2.45, 2.75) is 13.0 Å². The van der Waals surface area contributed by atoms with Crippen LogP contribution in [0, 0.1) is 11.6 Å². The van der Waals surface area contributed by atoms with E-state index < -0.39 is 17.5 Å². The second kappa shape index (κ2) is 5.39. The predicted molar refractivity (Wildman–Crippen MR) is 61.7 cm³/mol. The number of hydrogen-bond donors (Lipinski definition) is 0. The van der Waals surface area contributed by atoms with Crippen molar-refractivity contribution in [1.29, 1.82) is 0 Å². The topological polar surface area (TPSA) is 20.3 Å². The average molecular weight is 292 g/mol. The van der Waals surface area contributed by atoms with Gasteiger partial charge in [-0.1, -0.05) is 15.9 Å². The van der Waals surface area contributed by atoms with E-state index in [1.807, 2.05) is 6.92 Å². The summed E-state index contributed by atoms with van der Waals surface area (Å²) in [5.41, 5.74) is -0.240. The molecule has 1 atom stereocenters. The van der Waals surface area contributed by atoms with Crippen LogP contribution in [-0.4, -0.2) is 29.2 Å². The lowest BCUT2D eigenvalue weighted by molar-refractivity contribution is 0.0753. The Kier molecular flexibility index (Phi) is 4.41. The molecule has 1 aromatic carbocycles. The number of carbonyl (C=O) groups is 1. The second-order valence-corrected chi connectivity index (χ2v) is 4.19. The molecule has 0 bridgehead atoms. The minimum atomic E-state index is -0.708. The molecule has 0 aliphatic heterocycles. The molecular weight excluding hydrogens is 280 g/mol. The first-order valence-electron chi connectivity index (χ1n) is 4.75. The van der Waals surface area contributed by atoms with E-state index in [1.54, 1.807) is 7.05 Å². The largest absolute Gasteiger partial charge is 0.338 e. The highest BCUT2D eigenvalue weighted by Gasteiger charge is 2.20. The summed E-state index contributed by atoms with van der Waals surface area (Å²) < 4.78 is 26.2. The summed E-state index contributed by atoms with van der Waals surface area (Å²) in [5.74, 6) is -1.85. The molecule has 0 saturated carbocycles. The first-order chi connectivity index (χ1) is 7.47. The third-order valence-corrected chi connectivity index (χ3v) is 3.30. The van der Waals surface area contributed by atoms with Gasteiger partial charge in [0.05, 0.1) is 5.56 Å². The van der Waals surface area contributed by atoms with Gasteiger partial charge in [0.15, 0.2) is 0 Å². The summed E-state index contributed by atoms with van der Waals surface area (Å²) in [7, 11) is 1.55. The van der Waals surface area contributed by atoms with Gasteiger partial charge in [0.2, 0.25) is 0 Å². The van der Waals surface area contributed by atoms with Crippen molar-refractivity contribution in [3.63, 3.8) is 0 Å². The molecule has 0 aromatic heterocycles. The number of alkyl halides is 1. The molecular formula is C11H12BrF2NO. The maximum Gasteiger partial charge on any atom is 0.256 e. The minimum absolute atomic E-state index is 0.0878. The van der Waals surface area contributed by atoms with Crippen LogP contribution in [0.15, 0.2) is 18.2 Å². The number of amides is 1. The Hall–Kier alpha value is -0.970. The van der Waals surface area contributed by atoms with Crippen molar-refractivity contribution in [1.82, 2.24) is 4.90 Å². The van der Waals surface area contributed by atoms with E-state index in [0.29, 0.717) is 5.33 Å². The van der Waals surface area contributed by atoms with Crippen LogP contribution in [0.4, 0.5) is 8.78 Å². The molecule has 1 unspecified atom stereocenters. The summed E-state index contributed by atoms with van der Waals surface area (Å²) in [4.78, 5) is 13.2. The normalized spacial score (nSPS) is 12.3. The molecule has 0 fully saturated rings. The Morgan fingerprint density at radius 1 is 1.50 bits per heavy atom. The molecule has 1 aromatic rings. The van der Waals surface area contributed by atoms with Crippen molar-refractivity contribution in [2.75, 3.05) is 12.4 Å². The van der Waals surface area contributed by atoms with E-state index in [-0.39, 0.29) is 11.6 Å². The lowest BCUT2D eigenvalue weighted by atomic mass is 10.1. The van der Waals surface area contributed by atoms with Crippen LogP contribution in [-0.2, 0) is 0 Å². The standard InChI is InChI=1S/C11H12BrF2NO/c1-7(6-12)15(2)11(16)9-5-8(13)3-4-10(9)14/h3-5,7H,6H2,1-2H3. The zero-order chi connectivity index (χ0) is 12.3. The Balaban J connectivity index is 3.00. The van der Waals surface area contributed by atoms with Crippen molar-refractivity contribution in [3.8, 4) is 0 Å². The third-order valence-electron chi connectivity index (χ3n) is 2.36. The number of rotatable bonds is 3. The lowest BCUT2D eigenvalue weighted by Gasteiger charge is -2.23. The molecule has 1 rings (SSSR count). The highest BCUT2D eigenvalue weighted by molar-refractivity contribution is 9.09. The fourth-order valence-electron chi connectivity index (χ4n) is 1.16. The molecule has 0 saturated heterocycles. The van der Waals surface area contributed by atoms with Crippen LogP contribution in [0.3, 0.4) is 0 Å². The maximum absolute atomic E-state index is 13.3. The predicted octanol–water partition coefficient (Wildman–Crippen LogP) is 2.82. The van der Waals surface area contributed by atoms with Gasteiger partial charge in [0.25, 0.3) is 5.91 Å². The van der Waals surface area contributed by atoms with Crippen LogP contribution in [0.1, 0.15) is 17.3 Å². The van der Waals surface area contributed by atoms with Gasteiger partial charge in [0.1, 0.15) is 11.6 Å². The van der Waals surface area contributed by atoms with E-state index in [1.165, 1.54) is 4.90 Å². The monoisotopic (exact) mass is 291 g/mol. The average Bonchev–Trinajstić information content (AvgIpc) is 2.29. The summed E-state index contributed by atoms with van der Waals surface area (Å²) in [5, 5.41) is 0.576. The quantitative estimate of drug-likeness (QED) is 0.784. The number of carbonyl (C=O) groups excluding carboxylic acids is 1. The molecule has 16 heavy (non-hydrogen) atoms. The van der Waals surface area contributed by atoms with Gasteiger partial charge in [-0.3, -0.25) is 4.79 Å². The second-order valence-electron chi connectivity index (χ2n) is 3.54. The summed E-state index contributed by atoms with van der Waals surface area (Å²) in [6.45, 7) is 1.81. The van der Waals surface area contributed by atoms with E-state index in [4.69, 9.17) is 0 Å².